The van der Waals surface area contributed by atoms with Crippen molar-refractivity contribution in [3.05, 3.63) is 21.6 Å². The van der Waals surface area contributed by atoms with E-state index < -0.39 is 10.0 Å². The van der Waals surface area contributed by atoms with Crippen LogP contribution in [0.2, 0.25) is 5.02 Å². The summed E-state index contributed by atoms with van der Waals surface area (Å²) in [6.07, 6.45) is 5.80. The van der Waals surface area contributed by atoms with Gasteiger partial charge < -0.3 is 5.32 Å². The average Bonchev–Trinajstić information content (AvgIpc) is 3.13. The molecule has 1 saturated heterocycles. The zero-order chi connectivity index (χ0) is 17.3. The number of aromatic nitrogens is 2. The molecule has 134 valence electrons. The lowest BCUT2D eigenvalue weighted by atomic mass is 9.95. The van der Waals surface area contributed by atoms with Gasteiger partial charge >= 0.3 is 0 Å². The van der Waals surface area contributed by atoms with Gasteiger partial charge in [-0.3, -0.25) is 4.79 Å². The van der Waals surface area contributed by atoms with Gasteiger partial charge in [0.2, 0.25) is 10.0 Å². The Labute approximate surface area is 147 Å². The first kappa shape index (κ1) is 17.7. The molecule has 2 fully saturated rings. The van der Waals surface area contributed by atoms with Gasteiger partial charge in [-0.15, -0.1) is 0 Å². The van der Waals surface area contributed by atoms with Crippen LogP contribution in [0.15, 0.2) is 11.0 Å². The number of nitrogens with zero attached hydrogens (tertiary/aromatic N) is 3. The maximum Gasteiger partial charge on any atom is 0.287 e. The summed E-state index contributed by atoms with van der Waals surface area (Å²) in [5.41, 5.74) is 0.178. The molecule has 0 aromatic carbocycles. The summed E-state index contributed by atoms with van der Waals surface area (Å²) in [6, 6.07) is -0.0917. The molecule has 0 amide bonds. The van der Waals surface area contributed by atoms with Crippen LogP contribution in [0, 0.1) is 0 Å². The molecule has 0 bridgehead atoms. The second kappa shape index (κ2) is 7.01. The molecule has 0 spiro atoms. The topological polar surface area (TPSA) is 84.3 Å². The van der Waals surface area contributed by atoms with Gasteiger partial charge in [-0.05, 0) is 38.5 Å². The SMILES string of the molecule is CNc1cnn(C2CCC(S(=O)(=O)N3CCCC3)CC2)c(=O)c1Cl. The van der Waals surface area contributed by atoms with Gasteiger partial charge in [-0.1, -0.05) is 11.6 Å². The van der Waals surface area contributed by atoms with Gasteiger partial charge in [0, 0.05) is 20.1 Å². The number of hydrogen-bond acceptors (Lipinski definition) is 5. The minimum Gasteiger partial charge on any atom is -0.385 e. The standard InChI is InChI=1S/C15H23ClN4O3S/c1-17-13-10-18-20(15(21)14(13)16)11-4-6-12(7-5-11)24(22,23)19-8-2-3-9-19/h10-12,17H,2-9H2,1H3. The van der Waals surface area contributed by atoms with Crippen LogP contribution >= 0.6 is 11.6 Å². The lowest BCUT2D eigenvalue weighted by Crippen LogP contribution is -2.40. The highest BCUT2D eigenvalue weighted by Crippen LogP contribution is 2.33. The number of rotatable bonds is 4. The van der Waals surface area contributed by atoms with Crippen LogP contribution in [0.3, 0.4) is 0 Å². The first-order valence-corrected chi connectivity index (χ1v) is 10.3. The normalized spacial score (nSPS) is 25.8. The Bertz CT molecular complexity index is 750. The Balaban J connectivity index is 1.71. The molecular formula is C15H23ClN4O3S. The molecule has 1 aromatic heterocycles. The van der Waals surface area contributed by atoms with E-state index in [-0.39, 0.29) is 21.9 Å². The minimum absolute atomic E-state index is 0.0917. The number of hydrogen-bond donors (Lipinski definition) is 1. The van der Waals surface area contributed by atoms with Crippen LogP contribution in [0.4, 0.5) is 5.69 Å². The molecule has 9 heteroatoms. The van der Waals surface area contributed by atoms with Crippen molar-refractivity contribution in [1.82, 2.24) is 14.1 Å². The third-order valence-electron chi connectivity index (χ3n) is 5.05. The van der Waals surface area contributed by atoms with Gasteiger partial charge in [0.15, 0.2) is 0 Å². The van der Waals surface area contributed by atoms with E-state index in [9.17, 15) is 13.2 Å². The quantitative estimate of drug-likeness (QED) is 0.869. The first-order chi connectivity index (χ1) is 11.4. The van der Waals surface area contributed by atoms with Crippen LogP contribution in [0.1, 0.15) is 44.6 Å². The van der Waals surface area contributed by atoms with Crippen molar-refractivity contribution in [2.45, 2.75) is 49.8 Å². The number of halogens is 1. The first-order valence-electron chi connectivity index (χ1n) is 8.39. The van der Waals surface area contributed by atoms with Gasteiger partial charge in [0.25, 0.3) is 5.56 Å². The summed E-state index contributed by atoms with van der Waals surface area (Å²) in [5, 5.41) is 6.81. The second-order valence-corrected chi connectivity index (χ2v) is 9.04. The third kappa shape index (κ3) is 3.19. The summed E-state index contributed by atoms with van der Waals surface area (Å²) in [6.45, 7) is 1.29. The van der Waals surface area contributed by atoms with Gasteiger partial charge in [0.05, 0.1) is 23.2 Å². The molecule has 1 N–H and O–H groups in total. The van der Waals surface area contributed by atoms with Crippen LogP contribution in [-0.4, -0.2) is 47.9 Å². The number of sulfonamides is 1. The average molecular weight is 375 g/mol. The smallest absolute Gasteiger partial charge is 0.287 e. The maximum atomic E-state index is 12.6. The molecule has 0 unspecified atom stereocenters. The van der Waals surface area contributed by atoms with E-state index in [1.807, 2.05) is 0 Å². The van der Waals surface area contributed by atoms with Crippen molar-refractivity contribution < 1.29 is 8.42 Å². The minimum atomic E-state index is -3.21. The van der Waals surface area contributed by atoms with E-state index in [0.29, 0.717) is 44.5 Å². The summed E-state index contributed by atoms with van der Waals surface area (Å²) < 4.78 is 28.3. The van der Waals surface area contributed by atoms with Crippen molar-refractivity contribution in [1.29, 1.82) is 0 Å². The summed E-state index contributed by atoms with van der Waals surface area (Å²) in [7, 11) is -1.53. The molecule has 3 rings (SSSR count). The Morgan fingerprint density at radius 3 is 2.42 bits per heavy atom. The lowest BCUT2D eigenvalue weighted by molar-refractivity contribution is 0.313. The van der Waals surface area contributed by atoms with Crippen molar-refractivity contribution in [3.8, 4) is 0 Å². The van der Waals surface area contributed by atoms with Crippen molar-refractivity contribution in [3.63, 3.8) is 0 Å². The molecule has 1 aliphatic heterocycles. The molecule has 1 aromatic rings. The van der Waals surface area contributed by atoms with E-state index in [0.717, 1.165) is 12.8 Å². The van der Waals surface area contributed by atoms with Crippen LogP contribution < -0.4 is 10.9 Å². The van der Waals surface area contributed by atoms with E-state index in [1.165, 1.54) is 10.9 Å². The summed E-state index contributed by atoms with van der Waals surface area (Å²) in [5.74, 6) is 0. The second-order valence-electron chi connectivity index (χ2n) is 6.45. The van der Waals surface area contributed by atoms with Gasteiger partial charge in [-0.2, -0.15) is 5.10 Å². The summed E-state index contributed by atoms with van der Waals surface area (Å²) in [4.78, 5) is 12.3. The fourth-order valence-electron chi connectivity index (χ4n) is 3.62. The van der Waals surface area contributed by atoms with E-state index >= 15 is 0 Å². The highest BCUT2D eigenvalue weighted by molar-refractivity contribution is 7.89. The highest BCUT2D eigenvalue weighted by Gasteiger charge is 2.37. The Hall–Kier alpha value is -1.12. The van der Waals surface area contributed by atoms with Crippen molar-refractivity contribution in [2.75, 3.05) is 25.5 Å². The zero-order valence-corrected chi connectivity index (χ0v) is 15.3. The molecule has 0 atom stereocenters. The fraction of sp³-hybridized carbons (Fsp3) is 0.733. The Morgan fingerprint density at radius 1 is 1.21 bits per heavy atom. The van der Waals surface area contributed by atoms with Crippen molar-refractivity contribution in [2.24, 2.45) is 0 Å². The van der Waals surface area contributed by atoms with Gasteiger partial charge in [0.1, 0.15) is 5.02 Å². The molecule has 0 radical (unpaired) electrons. The van der Waals surface area contributed by atoms with Crippen molar-refractivity contribution >= 4 is 27.3 Å². The molecule has 1 aliphatic carbocycles. The molecular weight excluding hydrogens is 352 g/mol. The third-order valence-corrected chi connectivity index (χ3v) is 7.81. The number of nitrogens with one attached hydrogen (secondary N) is 1. The van der Waals surface area contributed by atoms with Crippen LogP contribution in [0.5, 0.6) is 0 Å². The maximum absolute atomic E-state index is 12.6. The molecule has 24 heavy (non-hydrogen) atoms. The molecule has 2 aliphatic rings. The van der Waals surface area contributed by atoms with E-state index in [4.69, 9.17) is 11.6 Å². The highest BCUT2D eigenvalue weighted by atomic mass is 35.5. The van der Waals surface area contributed by atoms with E-state index in [2.05, 4.69) is 10.4 Å². The fourth-order valence-corrected chi connectivity index (χ4v) is 5.91. The van der Waals surface area contributed by atoms with E-state index in [1.54, 1.807) is 11.4 Å². The summed E-state index contributed by atoms with van der Waals surface area (Å²) >= 11 is 6.07. The lowest BCUT2D eigenvalue weighted by Gasteiger charge is -2.31. The van der Waals surface area contributed by atoms with Crippen LogP contribution in [-0.2, 0) is 10.0 Å². The molecule has 1 saturated carbocycles. The Kier molecular flexibility index (Phi) is 5.17. The number of anilines is 1. The van der Waals surface area contributed by atoms with Gasteiger partial charge in [-0.25, -0.2) is 17.4 Å². The predicted octanol–water partition coefficient (Wildman–Crippen LogP) is 1.85. The monoisotopic (exact) mass is 374 g/mol. The Morgan fingerprint density at radius 2 is 1.83 bits per heavy atom. The predicted molar refractivity (Wildman–Crippen MR) is 94.1 cm³/mol. The van der Waals surface area contributed by atoms with Crippen LogP contribution in [0.25, 0.3) is 0 Å². The molecule has 7 nitrogen and oxygen atoms in total. The molecule has 2 heterocycles. The zero-order valence-electron chi connectivity index (χ0n) is 13.7. The largest absolute Gasteiger partial charge is 0.385 e.